The van der Waals surface area contributed by atoms with Gasteiger partial charge in [0.15, 0.2) is 6.23 Å². The van der Waals surface area contributed by atoms with E-state index in [2.05, 4.69) is 10.4 Å². The summed E-state index contributed by atoms with van der Waals surface area (Å²) in [6.45, 7) is 17.2. The van der Waals surface area contributed by atoms with E-state index in [1.807, 2.05) is 55.4 Å². The number of rotatable bonds is 7. The molecule has 2 amide bonds. The van der Waals surface area contributed by atoms with Crippen molar-refractivity contribution in [3.8, 4) is 0 Å². The van der Waals surface area contributed by atoms with Crippen LogP contribution >= 0.6 is 0 Å². The van der Waals surface area contributed by atoms with E-state index >= 15 is 4.39 Å². The second-order valence-electron chi connectivity index (χ2n) is 16.3. The van der Waals surface area contributed by atoms with Gasteiger partial charge in [-0.1, -0.05) is 0 Å². The molecule has 1 N–H and O–H groups in total. The summed E-state index contributed by atoms with van der Waals surface area (Å²) in [4.78, 5) is 27.2. The molecule has 4 fully saturated rings. The number of nitrogens with one attached hydrogen (secondary N) is 1. The van der Waals surface area contributed by atoms with E-state index in [-0.39, 0.29) is 36.6 Å². The molecule has 4 heterocycles. The van der Waals surface area contributed by atoms with Gasteiger partial charge in [0.1, 0.15) is 11.4 Å². The first kappa shape index (κ1) is 34.9. The molecule has 0 spiro atoms. The Morgan fingerprint density at radius 1 is 1.12 bits per heavy atom. The van der Waals surface area contributed by atoms with E-state index in [9.17, 15) is 9.59 Å². The zero-order valence-corrected chi connectivity index (χ0v) is 29.8. The second kappa shape index (κ2) is 12.8. The number of ether oxygens (including phenoxy) is 3. The molecule has 2 aromatic rings. The Bertz CT molecular complexity index is 1520. The maximum Gasteiger partial charge on any atom is 0.495 e. The van der Waals surface area contributed by atoms with Crippen molar-refractivity contribution in [2.45, 2.75) is 135 Å². The molecule has 4 atom stereocenters. The minimum absolute atomic E-state index is 0.0670. The van der Waals surface area contributed by atoms with Crippen molar-refractivity contribution in [3.63, 3.8) is 0 Å². The largest absolute Gasteiger partial charge is 0.495 e. The number of halogens is 1. The molecule has 0 radical (unpaired) electrons. The fourth-order valence-corrected chi connectivity index (χ4v) is 7.26. The van der Waals surface area contributed by atoms with Crippen LogP contribution < -0.4 is 10.8 Å². The van der Waals surface area contributed by atoms with Crippen molar-refractivity contribution in [3.05, 3.63) is 23.6 Å². The summed E-state index contributed by atoms with van der Waals surface area (Å²) in [6.07, 6.45) is 6.33. The minimum Gasteiger partial charge on any atom is -0.450 e. The number of carbonyl (C=O) groups is 2. The van der Waals surface area contributed by atoms with Crippen LogP contribution in [0.5, 0.6) is 0 Å². The fraction of sp³-hybridized carbons (Fsp3) is 0.743. The van der Waals surface area contributed by atoms with Crippen molar-refractivity contribution in [1.82, 2.24) is 20.0 Å². The van der Waals surface area contributed by atoms with Crippen molar-refractivity contribution in [1.29, 1.82) is 0 Å². The van der Waals surface area contributed by atoms with Crippen LogP contribution in [0.1, 0.15) is 118 Å². The molecule has 3 saturated heterocycles. The average molecular weight is 671 g/mol. The highest BCUT2D eigenvalue weighted by atomic mass is 19.1. The third kappa shape index (κ3) is 7.19. The van der Waals surface area contributed by atoms with Gasteiger partial charge in [0.25, 0.3) is 0 Å². The molecule has 13 heteroatoms. The smallest absolute Gasteiger partial charge is 0.450 e. The summed E-state index contributed by atoms with van der Waals surface area (Å²) >= 11 is 0. The van der Waals surface area contributed by atoms with Crippen LogP contribution in [-0.4, -0.2) is 82.6 Å². The predicted molar refractivity (Wildman–Crippen MR) is 180 cm³/mol. The monoisotopic (exact) mass is 670 g/mol. The summed E-state index contributed by atoms with van der Waals surface area (Å²) in [6, 6.07) is 1.58. The third-order valence-electron chi connectivity index (χ3n) is 10.6. The quantitative estimate of drug-likeness (QED) is 0.348. The zero-order chi connectivity index (χ0) is 34.6. The molecule has 3 aliphatic heterocycles. The van der Waals surface area contributed by atoms with Crippen LogP contribution in [0.15, 0.2) is 12.3 Å². The van der Waals surface area contributed by atoms with E-state index in [4.69, 9.17) is 23.5 Å². The van der Waals surface area contributed by atoms with Gasteiger partial charge in [-0.15, -0.1) is 0 Å². The van der Waals surface area contributed by atoms with Crippen molar-refractivity contribution in [2.24, 2.45) is 5.92 Å². The van der Waals surface area contributed by atoms with Crippen LogP contribution in [0, 0.1) is 11.7 Å². The Balaban J connectivity index is 1.13. The lowest BCUT2D eigenvalue weighted by Crippen LogP contribution is -2.58. The normalized spacial score (nSPS) is 28.4. The number of alkyl carbamates (subject to hydrolysis) is 1. The minimum atomic E-state index is -0.757. The summed E-state index contributed by atoms with van der Waals surface area (Å²) in [5, 5.41) is 8.46. The molecule has 264 valence electrons. The van der Waals surface area contributed by atoms with Crippen LogP contribution in [0.3, 0.4) is 0 Å². The first-order valence-corrected chi connectivity index (χ1v) is 17.6. The standard InChI is InChI=1S/C35H52BFN4O7/c1-32(2,3)46-31(43)40-15-11-14-35(8,21-40)39-30(42)45-17-13-22-18-23(22)28-25(37)19-26-24(20-38-41(26)27-12-9-10-16-44-27)29(28)36-47-33(4,5)34(6,7)48-36/h19-20,22-23,27H,9-18,21H2,1-8H3,(H,39,42)/t22-,23+,27?,35+/m0/s1. The number of hydrogen-bond donors (Lipinski definition) is 1. The van der Waals surface area contributed by atoms with Gasteiger partial charge in [-0.3, -0.25) is 0 Å². The van der Waals surface area contributed by atoms with Crippen LogP contribution in [-0.2, 0) is 23.5 Å². The molecule has 1 unspecified atom stereocenters. The Labute approximate surface area is 283 Å². The lowest BCUT2D eigenvalue weighted by atomic mass is 9.72. The van der Waals surface area contributed by atoms with Crippen molar-refractivity contribution >= 4 is 35.7 Å². The van der Waals surface area contributed by atoms with Crippen LogP contribution in [0.2, 0.25) is 0 Å². The summed E-state index contributed by atoms with van der Waals surface area (Å²) in [7, 11) is -0.757. The highest BCUT2D eigenvalue weighted by Crippen LogP contribution is 2.51. The van der Waals surface area contributed by atoms with E-state index in [1.54, 1.807) is 21.8 Å². The Morgan fingerprint density at radius 2 is 1.85 bits per heavy atom. The van der Waals surface area contributed by atoms with Gasteiger partial charge in [0.05, 0.1) is 35.1 Å². The zero-order valence-electron chi connectivity index (χ0n) is 29.8. The number of amides is 2. The van der Waals surface area contributed by atoms with Gasteiger partial charge in [0.2, 0.25) is 0 Å². The molecule has 48 heavy (non-hydrogen) atoms. The molecule has 6 rings (SSSR count). The second-order valence-corrected chi connectivity index (χ2v) is 16.3. The number of aromatic nitrogens is 2. The van der Waals surface area contributed by atoms with Crippen LogP contribution in [0.4, 0.5) is 14.0 Å². The lowest BCUT2D eigenvalue weighted by Gasteiger charge is -2.40. The topological polar surface area (TPSA) is 113 Å². The summed E-state index contributed by atoms with van der Waals surface area (Å²) < 4.78 is 48.3. The first-order valence-electron chi connectivity index (χ1n) is 17.6. The molecule has 1 saturated carbocycles. The van der Waals surface area contributed by atoms with Gasteiger partial charge in [-0.05, 0) is 123 Å². The van der Waals surface area contributed by atoms with E-state index < -0.39 is 35.6 Å². The Hall–Kier alpha value is -2.90. The van der Waals surface area contributed by atoms with Gasteiger partial charge in [-0.2, -0.15) is 5.10 Å². The number of likely N-dealkylation sites (tertiary alicyclic amines) is 1. The highest BCUT2D eigenvalue weighted by Gasteiger charge is 2.54. The highest BCUT2D eigenvalue weighted by molar-refractivity contribution is 6.65. The maximum atomic E-state index is 16.3. The third-order valence-corrected chi connectivity index (χ3v) is 10.6. The predicted octanol–water partition coefficient (Wildman–Crippen LogP) is 6.18. The number of fused-ring (bicyclic) bond motifs is 1. The summed E-state index contributed by atoms with van der Waals surface area (Å²) in [5.41, 5.74) is -0.459. The Kier molecular flexibility index (Phi) is 9.30. The molecule has 11 nitrogen and oxygen atoms in total. The fourth-order valence-electron chi connectivity index (χ4n) is 7.26. The molecular formula is C35H52BFN4O7. The van der Waals surface area contributed by atoms with Crippen molar-refractivity contribution < 1.29 is 37.5 Å². The van der Waals surface area contributed by atoms with Gasteiger partial charge >= 0.3 is 19.3 Å². The maximum absolute atomic E-state index is 16.3. The average Bonchev–Trinajstić information content (AvgIpc) is 3.55. The van der Waals surface area contributed by atoms with E-state index in [0.29, 0.717) is 42.7 Å². The van der Waals surface area contributed by atoms with E-state index in [1.165, 1.54) is 0 Å². The molecule has 0 bridgehead atoms. The number of benzene rings is 1. The lowest BCUT2D eigenvalue weighted by molar-refractivity contribution is -0.0366. The number of hydrogen-bond acceptors (Lipinski definition) is 8. The number of piperidine rings is 1. The van der Waals surface area contributed by atoms with Gasteiger partial charge < -0.3 is 33.7 Å². The van der Waals surface area contributed by atoms with Crippen LogP contribution in [0.25, 0.3) is 10.9 Å². The van der Waals surface area contributed by atoms with Gasteiger partial charge in [0, 0.05) is 31.1 Å². The molecule has 1 aliphatic carbocycles. The van der Waals surface area contributed by atoms with Crippen molar-refractivity contribution in [2.75, 3.05) is 26.3 Å². The molecule has 1 aromatic heterocycles. The first-order chi connectivity index (χ1) is 22.5. The SMILES string of the molecule is CC(C)(C)OC(=O)N1CCC[C@@](C)(NC(=O)OCC[C@H]2C[C@H]2c2c(F)cc3c(cnn3C3CCCCO3)c2B2OC(C)(C)C(C)(C)O2)C1. The van der Waals surface area contributed by atoms with E-state index in [0.717, 1.165) is 43.9 Å². The molecule has 4 aliphatic rings. The summed E-state index contributed by atoms with van der Waals surface area (Å²) in [5.74, 6) is -0.242. The number of nitrogens with zero attached hydrogens (tertiary/aromatic N) is 3. The molecule has 1 aromatic carbocycles. The molecular weight excluding hydrogens is 618 g/mol. The Morgan fingerprint density at radius 3 is 2.52 bits per heavy atom. The van der Waals surface area contributed by atoms with Gasteiger partial charge in [-0.25, -0.2) is 18.7 Å². The number of carbonyl (C=O) groups excluding carboxylic acids is 2.